The van der Waals surface area contributed by atoms with Gasteiger partial charge in [-0.2, -0.15) is 0 Å². The molecule has 5 nitrogen and oxygen atoms in total. The van der Waals surface area contributed by atoms with Crippen LogP contribution in [-0.2, 0) is 9.84 Å². The van der Waals surface area contributed by atoms with Crippen LogP contribution < -0.4 is 0 Å². The predicted molar refractivity (Wildman–Crippen MR) is 75.5 cm³/mol. The second-order valence-electron chi connectivity index (χ2n) is 4.25. The molecular formula is C13H10ClN3O2S. The number of aromatic nitrogens is 3. The first-order valence-corrected chi connectivity index (χ1v) is 7.67. The number of sulfone groups is 1. The zero-order valence-corrected chi connectivity index (χ0v) is 12.0. The van der Waals surface area contributed by atoms with Crippen LogP contribution in [-0.4, -0.2) is 23.4 Å². The van der Waals surface area contributed by atoms with Crippen LogP contribution in [0.2, 0.25) is 5.15 Å². The quantitative estimate of drug-likeness (QED) is 0.739. The standard InChI is InChI=1S/C13H10ClN3O2S/c1-8-16-11-10(7-15-12(11)13(14)17-8)20(18,19)9-5-3-2-4-6-9/h2-7,15H,1H3. The fourth-order valence-corrected chi connectivity index (χ4v) is 3.63. The summed E-state index contributed by atoms with van der Waals surface area (Å²) in [4.78, 5) is 11.3. The number of aromatic amines is 1. The third kappa shape index (κ3) is 1.97. The maximum Gasteiger partial charge on any atom is 0.210 e. The number of H-pyrrole nitrogens is 1. The number of hydrogen-bond acceptors (Lipinski definition) is 4. The first kappa shape index (κ1) is 13.1. The van der Waals surface area contributed by atoms with Crippen molar-refractivity contribution in [2.75, 3.05) is 0 Å². The summed E-state index contributed by atoms with van der Waals surface area (Å²) in [5.41, 5.74) is 0.734. The van der Waals surface area contributed by atoms with Crippen LogP contribution in [0, 0.1) is 6.92 Å². The molecule has 102 valence electrons. The van der Waals surface area contributed by atoms with Gasteiger partial charge in [0.15, 0.2) is 5.15 Å². The van der Waals surface area contributed by atoms with E-state index in [4.69, 9.17) is 11.6 Å². The van der Waals surface area contributed by atoms with Gasteiger partial charge in [0.1, 0.15) is 21.8 Å². The van der Waals surface area contributed by atoms with Crippen LogP contribution in [0.25, 0.3) is 11.0 Å². The molecule has 20 heavy (non-hydrogen) atoms. The molecule has 2 aromatic heterocycles. The smallest absolute Gasteiger partial charge is 0.210 e. The largest absolute Gasteiger partial charge is 0.356 e. The van der Waals surface area contributed by atoms with Crippen molar-refractivity contribution in [3.05, 3.63) is 47.5 Å². The number of rotatable bonds is 2. The summed E-state index contributed by atoms with van der Waals surface area (Å²) in [7, 11) is -3.64. The van der Waals surface area contributed by atoms with E-state index in [1.54, 1.807) is 37.3 Å². The number of nitrogens with zero attached hydrogens (tertiary/aromatic N) is 2. The average molecular weight is 308 g/mol. The molecule has 0 atom stereocenters. The number of halogens is 1. The lowest BCUT2D eigenvalue weighted by atomic mass is 10.4. The molecule has 1 aromatic carbocycles. The van der Waals surface area contributed by atoms with Crippen LogP contribution in [0.3, 0.4) is 0 Å². The van der Waals surface area contributed by atoms with Crippen LogP contribution in [0.15, 0.2) is 46.3 Å². The van der Waals surface area contributed by atoms with Crippen molar-refractivity contribution >= 4 is 32.5 Å². The fourth-order valence-electron chi connectivity index (χ4n) is 1.98. The molecule has 0 aliphatic rings. The van der Waals surface area contributed by atoms with Gasteiger partial charge in [-0.25, -0.2) is 18.4 Å². The van der Waals surface area contributed by atoms with E-state index < -0.39 is 9.84 Å². The van der Waals surface area contributed by atoms with Crippen LogP contribution in [0.5, 0.6) is 0 Å². The molecule has 0 aliphatic carbocycles. The van der Waals surface area contributed by atoms with Gasteiger partial charge in [0.2, 0.25) is 9.84 Å². The van der Waals surface area contributed by atoms with E-state index in [1.165, 1.54) is 6.20 Å². The first-order chi connectivity index (χ1) is 9.50. The Hall–Kier alpha value is -1.92. The van der Waals surface area contributed by atoms with Gasteiger partial charge < -0.3 is 4.98 Å². The van der Waals surface area contributed by atoms with Crippen molar-refractivity contribution in [1.82, 2.24) is 15.0 Å². The van der Waals surface area contributed by atoms with Crippen molar-refractivity contribution in [2.24, 2.45) is 0 Å². The van der Waals surface area contributed by atoms with Gasteiger partial charge >= 0.3 is 0 Å². The summed E-state index contributed by atoms with van der Waals surface area (Å²) in [6.07, 6.45) is 1.40. The molecule has 1 N–H and O–H groups in total. The number of benzene rings is 1. The second kappa shape index (κ2) is 4.57. The summed E-state index contributed by atoms with van der Waals surface area (Å²) in [5.74, 6) is 0.423. The van der Waals surface area contributed by atoms with Crippen molar-refractivity contribution in [3.63, 3.8) is 0 Å². The Morgan fingerprint density at radius 2 is 1.85 bits per heavy atom. The summed E-state index contributed by atoms with van der Waals surface area (Å²) in [6.45, 7) is 1.66. The lowest BCUT2D eigenvalue weighted by Gasteiger charge is -2.03. The lowest BCUT2D eigenvalue weighted by molar-refractivity contribution is 0.597. The number of fused-ring (bicyclic) bond motifs is 1. The molecule has 0 saturated heterocycles. The molecular weight excluding hydrogens is 298 g/mol. The van der Waals surface area contributed by atoms with Crippen molar-refractivity contribution in [3.8, 4) is 0 Å². The van der Waals surface area contributed by atoms with Gasteiger partial charge in [-0.1, -0.05) is 29.8 Å². The number of aryl methyl sites for hydroxylation is 1. The highest BCUT2D eigenvalue weighted by Crippen LogP contribution is 2.29. The Labute approximate surface area is 120 Å². The number of nitrogens with one attached hydrogen (secondary N) is 1. The van der Waals surface area contributed by atoms with E-state index in [9.17, 15) is 8.42 Å². The van der Waals surface area contributed by atoms with E-state index in [1.807, 2.05) is 0 Å². The first-order valence-electron chi connectivity index (χ1n) is 5.81. The van der Waals surface area contributed by atoms with Gasteiger partial charge in [0.05, 0.1) is 4.90 Å². The third-order valence-electron chi connectivity index (χ3n) is 2.90. The van der Waals surface area contributed by atoms with E-state index in [2.05, 4.69) is 15.0 Å². The predicted octanol–water partition coefficient (Wildman–Crippen LogP) is 2.75. The minimum atomic E-state index is -3.64. The van der Waals surface area contributed by atoms with Crippen molar-refractivity contribution in [2.45, 2.75) is 16.7 Å². The van der Waals surface area contributed by atoms with Crippen molar-refractivity contribution in [1.29, 1.82) is 0 Å². The molecule has 0 fully saturated rings. The van der Waals surface area contributed by atoms with Crippen LogP contribution in [0.1, 0.15) is 5.82 Å². The van der Waals surface area contributed by atoms with E-state index in [-0.39, 0.29) is 14.9 Å². The third-order valence-corrected chi connectivity index (χ3v) is 4.96. The molecule has 0 aliphatic heterocycles. The molecule has 2 heterocycles. The molecule has 3 aromatic rings. The molecule has 0 amide bonds. The summed E-state index contributed by atoms with van der Waals surface area (Å²) < 4.78 is 25.2. The van der Waals surface area contributed by atoms with Crippen molar-refractivity contribution < 1.29 is 8.42 Å². The maximum atomic E-state index is 12.6. The fraction of sp³-hybridized carbons (Fsp3) is 0.0769. The van der Waals surface area contributed by atoms with Gasteiger partial charge in [0, 0.05) is 6.20 Å². The zero-order valence-electron chi connectivity index (χ0n) is 10.5. The van der Waals surface area contributed by atoms with E-state index >= 15 is 0 Å². The van der Waals surface area contributed by atoms with Crippen LogP contribution >= 0.6 is 11.6 Å². The average Bonchev–Trinajstić information content (AvgIpc) is 2.84. The van der Waals surface area contributed by atoms with Gasteiger partial charge in [-0.05, 0) is 19.1 Å². The Morgan fingerprint density at radius 3 is 2.55 bits per heavy atom. The van der Waals surface area contributed by atoms with Gasteiger partial charge in [0.25, 0.3) is 0 Å². The minimum absolute atomic E-state index is 0.103. The lowest BCUT2D eigenvalue weighted by Crippen LogP contribution is -2.02. The van der Waals surface area contributed by atoms with Crippen LogP contribution in [0.4, 0.5) is 0 Å². The summed E-state index contributed by atoms with van der Waals surface area (Å²) >= 11 is 5.99. The monoisotopic (exact) mass is 307 g/mol. The van der Waals surface area contributed by atoms with Gasteiger partial charge in [-0.15, -0.1) is 0 Å². The Balaban J connectivity index is 2.31. The molecule has 7 heteroatoms. The summed E-state index contributed by atoms with van der Waals surface area (Å²) in [6, 6.07) is 8.20. The Kier molecular flexibility index (Phi) is 2.99. The molecule has 0 radical (unpaired) electrons. The SMILES string of the molecule is Cc1nc(Cl)c2[nH]cc(S(=O)(=O)c3ccccc3)c2n1. The highest BCUT2D eigenvalue weighted by atomic mass is 35.5. The Bertz CT molecular complexity index is 889. The number of hydrogen-bond donors (Lipinski definition) is 1. The molecule has 3 rings (SSSR count). The van der Waals surface area contributed by atoms with E-state index in [0.29, 0.717) is 16.9 Å². The molecule has 0 unspecified atom stereocenters. The zero-order chi connectivity index (χ0) is 14.3. The minimum Gasteiger partial charge on any atom is -0.356 e. The molecule has 0 bridgehead atoms. The van der Waals surface area contributed by atoms with E-state index in [0.717, 1.165) is 0 Å². The highest BCUT2D eigenvalue weighted by Gasteiger charge is 2.23. The molecule has 0 saturated carbocycles. The second-order valence-corrected chi connectivity index (χ2v) is 6.53. The topological polar surface area (TPSA) is 75.7 Å². The maximum absolute atomic E-state index is 12.6. The summed E-state index contributed by atoms with van der Waals surface area (Å²) in [5, 5.41) is 0.210. The Morgan fingerprint density at radius 1 is 1.15 bits per heavy atom. The van der Waals surface area contributed by atoms with Gasteiger partial charge in [-0.3, -0.25) is 0 Å². The highest BCUT2D eigenvalue weighted by molar-refractivity contribution is 7.91. The normalized spacial score (nSPS) is 11.9. The molecule has 0 spiro atoms.